The van der Waals surface area contributed by atoms with E-state index in [1.165, 1.54) is 6.33 Å². The summed E-state index contributed by atoms with van der Waals surface area (Å²) in [5.74, 6) is 1.38. The molecule has 1 unspecified atom stereocenters. The van der Waals surface area contributed by atoms with Crippen LogP contribution in [0, 0.1) is 5.92 Å². The van der Waals surface area contributed by atoms with Crippen LogP contribution in [0.5, 0.6) is 11.8 Å². The first-order chi connectivity index (χ1) is 8.54. The van der Waals surface area contributed by atoms with Crippen molar-refractivity contribution in [2.24, 2.45) is 5.92 Å². The number of rotatable bonds is 7. The summed E-state index contributed by atoms with van der Waals surface area (Å²) in [6.45, 7) is 8.92. The van der Waals surface area contributed by atoms with Crippen molar-refractivity contribution >= 4 is 5.69 Å². The molecule has 1 atom stereocenters. The van der Waals surface area contributed by atoms with E-state index in [1.54, 1.807) is 0 Å². The Morgan fingerprint density at radius 3 is 2.50 bits per heavy atom. The zero-order valence-electron chi connectivity index (χ0n) is 11.6. The van der Waals surface area contributed by atoms with Crippen LogP contribution in [0.4, 0.5) is 5.69 Å². The van der Waals surface area contributed by atoms with E-state index in [0.717, 1.165) is 12.8 Å². The van der Waals surface area contributed by atoms with Crippen molar-refractivity contribution in [1.82, 2.24) is 9.97 Å². The van der Waals surface area contributed by atoms with Crippen LogP contribution in [0.1, 0.15) is 40.5 Å². The van der Waals surface area contributed by atoms with Gasteiger partial charge in [0, 0.05) is 0 Å². The lowest BCUT2D eigenvalue weighted by molar-refractivity contribution is 0.185. The maximum Gasteiger partial charge on any atom is 0.244 e. The Morgan fingerprint density at radius 2 is 1.89 bits per heavy atom. The van der Waals surface area contributed by atoms with Gasteiger partial charge in [0.05, 0.1) is 12.7 Å². The van der Waals surface area contributed by atoms with Gasteiger partial charge in [-0.3, -0.25) is 0 Å². The lowest BCUT2D eigenvalue weighted by atomic mass is 10.1. The predicted octanol–water partition coefficient (Wildman–Crippen LogP) is 2.66. The van der Waals surface area contributed by atoms with Crippen LogP contribution in [-0.2, 0) is 0 Å². The smallest absolute Gasteiger partial charge is 0.244 e. The summed E-state index contributed by atoms with van der Waals surface area (Å²) in [5.41, 5.74) is 6.30. The van der Waals surface area contributed by atoms with Crippen LogP contribution < -0.4 is 15.2 Å². The molecule has 0 saturated heterocycles. The van der Waals surface area contributed by atoms with E-state index < -0.39 is 0 Å². The normalized spacial score (nSPS) is 12.5. The molecule has 0 aliphatic carbocycles. The maximum absolute atomic E-state index is 5.93. The van der Waals surface area contributed by atoms with Gasteiger partial charge in [-0.15, -0.1) is 0 Å². The summed E-state index contributed by atoms with van der Waals surface area (Å²) < 4.78 is 11.2. The van der Waals surface area contributed by atoms with E-state index in [2.05, 4.69) is 23.8 Å². The first kappa shape index (κ1) is 14.5. The minimum Gasteiger partial charge on any atom is -0.476 e. The molecular weight excluding hydrogens is 230 g/mol. The minimum absolute atomic E-state index is 0.0706. The zero-order valence-corrected chi connectivity index (χ0v) is 11.6. The van der Waals surface area contributed by atoms with Crippen LogP contribution in [0.3, 0.4) is 0 Å². The fourth-order valence-electron chi connectivity index (χ4n) is 1.67. The topological polar surface area (TPSA) is 70.3 Å². The van der Waals surface area contributed by atoms with Gasteiger partial charge in [0.2, 0.25) is 11.8 Å². The quantitative estimate of drug-likeness (QED) is 0.809. The van der Waals surface area contributed by atoms with Crippen LogP contribution in [0.25, 0.3) is 0 Å². The summed E-state index contributed by atoms with van der Waals surface area (Å²) >= 11 is 0. The second-order valence-corrected chi connectivity index (χ2v) is 4.80. The Bertz CT molecular complexity index is 369. The average Bonchev–Trinajstić information content (AvgIpc) is 2.29. The third-order valence-electron chi connectivity index (χ3n) is 2.37. The number of nitrogen functional groups attached to an aromatic ring is 1. The molecular formula is C13H23N3O2. The van der Waals surface area contributed by atoms with Gasteiger partial charge in [-0.1, -0.05) is 20.8 Å². The molecule has 0 aromatic carbocycles. The number of hydrogen-bond acceptors (Lipinski definition) is 5. The number of anilines is 1. The molecule has 0 radical (unpaired) electrons. The van der Waals surface area contributed by atoms with E-state index in [1.807, 2.05) is 13.8 Å². The molecule has 0 aliphatic rings. The van der Waals surface area contributed by atoms with Crippen LogP contribution >= 0.6 is 0 Å². The second kappa shape index (κ2) is 7.03. The number of hydrogen-bond donors (Lipinski definition) is 1. The summed E-state index contributed by atoms with van der Waals surface area (Å²) in [5, 5.41) is 0. The molecule has 5 nitrogen and oxygen atoms in total. The molecule has 0 aliphatic heterocycles. The number of aromatic nitrogens is 2. The largest absolute Gasteiger partial charge is 0.476 e. The van der Waals surface area contributed by atoms with E-state index in [9.17, 15) is 0 Å². The molecule has 18 heavy (non-hydrogen) atoms. The Balaban J connectivity index is 2.70. The molecule has 0 fully saturated rings. The lowest BCUT2D eigenvalue weighted by Crippen LogP contribution is -2.16. The van der Waals surface area contributed by atoms with Gasteiger partial charge in [0.15, 0.2) is 5.69 Å². The Hall–Kier alpha value is -1.52. The van der Waals surface area contributed by atoms with Crippen molar-refractivity contribution in [1.29, 1.82) is 0 Å². The third-order valence-corrected chi connectivity index (χ3v) is 2.37. The van der Waals surface area contributed by atoms with Crippen LogP contribution in [-0.4, -0.2) is 22.7 Å². The number of nitrogens with zero attached hydrogens (tertiary/aromatic N) is 2. The fourth-order valence-corrected chi connectivity index (χ4v) is 1.67. The molecule has 0 saturated carbocycles. The molecule has 102 valence electrons. The van der Waals surface area contributed by atoms with Gasteiger partial charge in [-0.2, -0.15) is 9.97 Å². The van der Waals surface area contributed by atoms with Crippen LogP contribution in [0.2, 0.25) is 0 Å². The van der Waals surface area contributed by atoms with E-state index in [-0.39, 0.29) is 6.10 Å². The molecule has 2 N–H and O–H groups in total. The van der Waals surface area contributed by atoms with Gasteiger partial charge in [0.25, 0.3) is 0 Å². The molecule has 5 heteroatoms. The molecule has 0 bridgehead atoms. The third kappa shape index (κ3) is 4.39. The standard InChI is InChI=1S/C13H23N3O2/c1-5-6-17-12-11(14)13(16-8-15-12)18-10(4)7-9(2)3/h8-10H,5-7,14H2,1-4H3. The summed E-state index contributed by atoms with van der Waals surface area (Å²) in [7, 11) is 0. The van der Waals surface area contributed by atoms with Crippen molar-refractivity contribution in [2.75, 3.05) is 12.3 Å². The minimum atomic E-state index is 0.0706. The molecule has 0 spiro atoms. The lowest BCUT2D eigenvalue weighted by Gasteiger charge is -2.17. The van der Waals surface area contributed by atoms with E-state index in [0.29, 0.717) is 30.0 Å². The Morgan fingerprint density at radius 1 is 1.22 bits per heavy atom. The Labute approximate surface area is 109 Å². The maximum atomic E-state index is 5.93. The average molecular weight is 253 g/mol. The predicted molar refractivity (Wildman–Crippen MR) is 71.8 cm³/mol. The summed E-state index contributed by atoms with van der Waals surface area (Å²) in [6.07, 6.45) is 3.35. The van der Waals surface area contributed by atoms with Crippen LogP contribution in [0.15, 0.2) is 6.33 Å². The van der Waals surface area contributed by atoms with Crippen molar-refractivity contribution in [3.8, 4) is 11.8 Å². The molecule has 0 amide bonds. The fraction of sp³-hybridized carbons (Fsp3) is 0.692. The SMILES string of the molecule is CCCOc1ncnc(OC(C)CC(C)C)c1N. The highest BCUT2D eigenvalue weighted by Gasteiger charge is 2.14. The number of ether oxygens (including phenoxy) is 2. The summed E-state index contributed by atoms with van der Waals surface area (Å²) in [6, 6.07) is 0. The molecule has 1 aromatic heterocycles. The first-order valence-corrected chi connectivity index (χ1v) is 6.44. The molecule has 1 aromatic rings. The van der Waals surface area contributed by atoms with Crippen molar-refractivity contribution < 1.29 is 9.47 Å². The van der Waals surface area contributed by atoms with E-state index in [4.69, 9.17) is 15.2 Å². The highest BCUT2D eigenvalue weighted by atomic mass is 16.5. The Kier molecular flexibility index (Phi) is 5.68. The first-order valence-electron chi connectivity index (χ1n) is 6.44. The van der Waals surface area contributed by atoms with Crippen molar-refractivity contribution in [2.45, 2.75) is 46.6 Å². The van der Waals surface area contributed by atoms with E-state index >= 15 is 0 Å². The van der Waals surface area contributed by atoms with Gasteiger partial charge in [-0.05, 0) is 25.7 Å². The molecule has 1 rings (SSSR count). The number of nitrogens with two attached hydrogens (primary N) is 1. The summed E-state index contributed by atoms with van der Waals surface area (Å²) in [4.78, 5) is 8.06. The second-order valence-electron chi connectivity index (χ2n) is 4.80. The highest BCUT2D eigenvalue weighted by molar-refractivity contribution is 5.55. The van der Waals surface area contributed by atoms with Gasteiger partial charge >= 0.3 is 0 Å². The van der Waals surface area contributed by atoms with Gasteiger partial charge < -0.3 is 15.2 Å². The monoisotopic (exact) mass is 253 g/mol. The zero-order chi connectivity index (χ0) is 13.5. The molecule has 1 heterocycles. The van der Waals surface area contributed by atoms with Crippen molar-refractivity contribution in [3.63, 3.8) is 0 Å². The van der Waals surface area contributed by atoms with Crippen molar-refractivity contribution in [3.05, 3.63) is 6.33 Å². The van der Waals surface area contributed by atoms with Gasteiger partial charge in [-0.25, -0.2) is 0 Å². The highest BCUT2D eigenvalue weighted by Crippen LogP contribution is 2.28. The van der Waals surface area contributed by atoms with Gasteiger partial charge in [0.1, 0.15) is 6.33 Å².